The first-order valence-corrected chi connectivity index (χ1v) is 6.62. The van der Waals surface area contributed by atoms with Crippen LogP contribution in [0.2, 0.25) is 0 Å². The summed E-state index contributed by atoms with van der Waals surface area (Å²) in [5.74, 6) is 1.98. The van der Waals surface area contributed by atoms with Gasteiger partial charge < -0.3 is 0 Å². The lowest BCUT2D eigenvalue weighted by atomic mass is 10.1. The van der Waals surface area contributed by atoms with Gasteiger partial charge in [-0.2, -0.15) is 0 Å². The maximum Gasteiger partial charge on any atom is 0.0193 e. The van der Waals surface area contributed by atoms with Gasteiger partial charge in [-0.05, 0) is 37.8 Å². The van der Waals surface area contributed by atoms with Crippen molar-refractivity contribution in [3.8, 4) is 0 Å². The lowest BCUT2D eigenvalue weighted by Gasteiger charge is -2.08. The standard InChI is InChI=1S/C14H18S/c1-11-6-8-14(9-7-11)15-10-13-5-3-4-12(13)2/h5-9,12H,3-4,10H2,1-2H3. The first kappa shape index (κ1) is 10.8. The summed E-state index contributed by atoms with van der Waals surface area (Å²) in [4.78, 5) is 1.39. The molecule has 1 atom stereocenters. The summed E-state index contributed by atoms with van der Waals surface area (Å²) >= 11 is 1.96. The van der Waals surface area contributed by atoms with Crippen LogP contribution in [-0.4, -0.2) is 5.75 Å². The van der Waals surface area contributed by atoms with Crippen LogP contribution in [0.3, 0.4) is 0 Å². The summed E-state index contributed by atoms with van der Waals surface area (Å²) in [6.07, 6.45) is 5.06. The van der Waals surface area contributed by atoms with E-state index in [9.17, 15) is 0 Å². The molecule has 0 amide bonds. The molecule has 0 radical (unpaired) electrons. The monoisotopic (exact) mass is 218 g/mol. The maximum absolute atomic E-state index is 2.42. The molecule has 0 N–H and O–H groups in total. The summed E-state index contributed by atoms with van der Waals surface area (Å²) < 4.78 is 0. The summed E-state index contributed by atoms with van der Waals surface area (Å²) in [6.45, 7) is 4.48. The van der Waals surface area contributed by atoms with Gasteiger partial charge >= 0.3 is 0 Å². The lowest BCUT2D eigenvalue weighted by Crippen LogP contribution is -1.95. The van der Waals surface area contributed by atoms with E-state index in [0.29, 0.717) is 0 Å². The average Bonchev–Trinajstić information content (AvgIpc) is 2.63. The second kappa shape index (κ2) is 4.89. The average molecular weight is 218 g/mol. The Labute approximate surface area is 96.8 Å². The number of hydrogen-bond donors (Lipinski definition) is 0. The van der Waals surface area contributed by atoms with Crippen molar-refractivity contribution in [1.82, 2.24) is 0 Å². The van der Waals surface area contributed by atoms with Crippen LogP contribution in [0.25, 0.3) is 0 Å². The van der Waals surface area contributed by atoms with Gasteiger partial charge in [-0.25, -0.2) is 0 Å². The van der Waals surface area contributed by atoms with Crippen LogP contribution < -0.4 is 0 Å². The molecule has 1 aromatic rings. The number of hydrogen-bond acceptors (Lipinski definition) is 1. The summed E-state index contributed by atoms with van der Waals surface area (Å²) in [6, 6.07) is 8.82. The Morgan fingerprint density at radius 2 is 2.00 bits per heavy atom. The van der Waals surface area contributed by atoms with E-state index < -0.39 is 0 Å². The molecular formula is C14H18S. The van der Waals surface area contributed by atoms with E-state index in [1.165, 1.54) is 29.1 Å². The van der Waals surface area contributed by atoms with Crippen molar-refractivity contribution in [2.24, 2.45) is 5.92 Å². The molecule has 1 aliphatic carbocycles. The molecule has 1 heteroatoms. The lowest BCUT2D eigenvalue weighted by molar-refractivity contribution is 0.672. The van der Waals surface area contributed by atoms with Crippen LogP contribution >= 0.6 is 11.8 Å². The highest BCUT2D eigenvalue weighted by Crippen LogP contribution is 2.30. The molecule has 0 spiro atoms. The number of benzene rings is 1. The van der Waals surface area contributed by atoms with Gasteiger partial charge in [0, 0.05) is 10.6 Å². The van der Waals surface area contributed by atoms with Crippen molar-refractivity contribution in [3.63, 3.8) is 0 Å². The third-order valence-corrected chi connectivity index (χ3v) is 4.15. The first-order chi connectivity index (χ1) is 7.25. The Kier molecular flexibility index (Phi) is 3.53. The zero-order chi connectivity index (χ0) is 10.7. The van der Waals surface area contributed by atoms with E-state index in [1.54, 1.807) is 5.57 Å². The SMILES string of the molecule is Cc1ccc(SCC2=CCCC2C)cc1. The molecule has 0 aliphatic heterocycles. The van der Waals surface area contributed by atoms with Gasteiger partial charge in [-0.3, -0.25) is 0 Å². The predicted molar refractivity (Wildman–Crippen MR) is 68.4 cm³/mol. The van der Waals surface area contributed by atoms with Crippen LogP contribution in [0.1, 0.15) is 25.3 Å². The molecule has 2 rings (SSSR count). The molecule has 15 heavy (non-hydrogen) atoms. The molecule has 0 heterocycles. The fourth-order valence-corrected chi connectivity index (χ4v) is 2.97. The number of aryl methyl sites for hydroxylation is 1. The smallest absolute Gasteiger partial charge is 0.0193 e. The van der Waals surface area contributed by atoms with Gasteiger partial charge in [-0.1, -0.05) is 36.3 Å². The summed E-state index contributed by atoms with van der Waals surface area (Å²) in [7, 11) is 0. The zero-order valence-corrected chi connectivity index (χ0v) is 10.3. The third-order valence-electron chi connectivity index (χ3n) is 3.07. The fourth-order valence-electron chi connectivity index (χ4n) is 1.91. The number of allylic oxidation sites excluding steroid dienone is 1. The van der Waals surface area contributed by atoms with Crippen LogP contribution in [0.4, 0.5) is 0 Å². The van der Waals surface area contributed by atoms with Crippen molar-refractivity contribution < 1.29 is 0 Å². The topological polar surface area (TPSA) is 0 Å². The number of rotatable bonds is 3. The van der Waals surface area contributed by atoms with E-state index in [4.69, 9.17) is 0 Å². The van der Waals surface area contributed by atoms with Gasteiger partial charge in [0.2, 0.25) is 0 Å². The van der Waals surface area contributed by atoms with E-state index in [0.717, 1.165) is 5.92 Å². The van der Waals surface area contributed by atoms with E-state index >= 15 is 0 Å². The molecule has 1 aliphatic rings. The minimum atomic E-state index is 0.808. The molecule has 0 fully saturated rings. The maximum atomic E-state index is 2.42. The van der Waals surface area contributed by atoms with Crippen molar-refractivity contribution >= 4 is 11.8 Å². The van der Waals surface area contributed by atoms with Crippen LogP contribution in [0.5, 0.6) is 0 Å². The van der Waals surface area contributed by atoms with Crippen molar-refractivity contribution in [3.05, 3.63) is 41.5 Å². The molecule has 0 bridgehead atoms. The van der Waals surface area contributed by atoms with E-state index in [2.05, 4.69) is 44.2 Å². The molecule has 80 valence electrons. The van der Waals surface area contributed by atoms with E-state index in [-0.39, 0.29) is 0 Å². The van der Waals surface area contributed by atoms with Crippen molar-refractivity contribution in [1.29, 1.82) is 0 Å². The normalized spacial score (nSPS) is 20.4. The molecule has 0 nitrogen and oxygen atoms in total. The van der Waals surface area contributed by atoms with Crippen LogP contribution in [-0.2, 0) is 0 Å². The Bertz CT molecular complexity index is 348. The van der Waals surface area contributed by atoms with Crippen LogP contribution in [0.15, 0.2) is 40.8 Å². The van der Waals surface area contributed by atoms with Gasteiger partial charge in [0.1, 0.15) is 0 Å². The highest BCUT2D eigenvalue weighted by Gasteiger charge is 2.13. The molecule has 1 unspecified atom stereocenters. The third kappa shape index (κ3) is 2.88. The van der Waals surface area contributed by atoms with E-state index in [1.807, 2.05) is 11.8 Å². The summed E-state index contributed by atoms with van der Waals surface area (Å²) in [5, 5.41) is 0. The zero-order valence-electron chi connectivity index (χ0n) is 9.49. The fraction of sp³-hybridized carbons (Fsp3) is 0.429. The highest BCUT2D eigenvalue weighted by atomic mass is 32.2. The van der Waals surface area contributed by atoms with Crippen LogP contribution in [0, 0.1) is 12.8 Å². The van der Waals surface area contributed by atoms with Crippen molar-refractivity contribution in [2.75, 3.05) is 5.75 Å². The minimum absolute atomic E-state index is 0.808. The van der Waals surface area contributed by atoms with Gasteiger partial charge in [0.15, 0.2) is 0 Å². The van der Waals surface area contributed by atoms with Gasteiger partial charge in [0.25, 0.3) is 0 Å². The Morgan fingerprint density at radius 1 is 1.27 bits per heavy atom. The second-order valence-electron chi connectivity index (χ2n) is 4.36. The first-order valence-electron chi connectivity index (χ1n) is 5.64. The molecule has 0 aromatic heterocycles. The number of thioether (sulfide) groups is 1. The molecule has 0 saturated heterocycles. The quantitative estimate of drug-likeness (QED) is 0.534. The Balaban J connectivity index is 1.90. The molecular weight excluding hydrogens is 200 g/mol. The van der Waals surface area contributed by atoms with Gasteiger partial charge in [0.05, 0.1) is 0 Å². The Morgan fingerprint density at radius 3 is 2.60 bits per heavy atom. The minimum Gasteiger partial charge on any atom is -0.122 e. The van der Waals surface area contributed by atoms with Gasteiger partial charge in [-0.15, -0.1) is 11.8 Å². The molecule has 0 saturated carbocycles. The second-order valence-corrected chi connectivity index (χ2v) is 5.41. The predicted octanol–water partition coefficient (Wildman–Crippen LogP) is 4.44. The van der Waals surface area contributed by atoms with Crippen molar-refractivity contribution in [2.45, 2.75) is 31.6 Å². The highest BCUT2D eigenvalue weighted by molar-refractivity contribution is 7.99. The largest absolute Gasteiger partial charge is 0.122 e. The molecule has 1 aromatic carbocycles. The Hall–Kier alpha value is -0.690. The summed E-state index contributed by atoms with van der Waals surface area (Å²) in [5.41, 5.74) is 2.98.